The minimum absolute atomic E-state index is 0.274. The third-order valence-corrected chi connectivity index (χ3v) is 3.66. The van der Waals surface area contributed by atoms with Gasteiger partial charge in [0.25, 0.3) is 0 Å². The quantitative estimate of drug-likeness (QED) is 0.759. The predicted molar refractivity (Wildman–Crippen MR) is 84.8 cm³/mol. The van der Waals surface area contributed by atoms with Gasteiger partial charge in [0.15, 0.2) is 0 Å². The van der Waals surface area contributed by atoms with Crippen molar-refractivity contribution in [2.45, 2.75) is 12.6 Å². The Morgan fingerprint density at radius 1 is 1.04 bits per heavy atom. The molecular weight excluding hydrogens is 298 g/mol. The maximum absolute atomic E-state index is 13.6. The second kappa shape index (κ2) is 6.81. The zero-order valence-corrected chi connectivity index (χ0v) is 12.3. The van der Waals surface area contributed by atoms with Crippen LogP contribution in [0, 0.1) is 11.6 Å². The third kappa shape index (κ3) is 3.70. The van der Waals surface area contributed by atoms with Gasteiger partial charge in [-0.2, -0.15) is 0 Å². The smallest absolute Gasteiger partial charge is 0.124 e. The fraction of sp³-hybridized carbons (Fsp3) is 0.167. The molecular formula is C18H16F2N2O. The molecule has 5 heteroatoms. The van der Waals surface area contributed by atoms with Crippen LogP contribution in [0.4, 0.5) is 8.78 Å². The van der Waals surface area contributed by atoms with Crippen molar-refractivity contribution in [2.24, 2.45) is 0 Å². The molecule has 3 rings (SSSR count). The van der Waals surface area contributed by atoms with E-state index in [0.29, 0.717) is 12.1 Å². The number of aliphatic hydroxyl groups excluding tert-OH is 1. The van der Waals surface area contributed by atoms with Crippen LogP contribution in [0.1, 0.15) is 17.2 Å². The van der Waals surface area contributed by atoms with E-state index in [-0.39, 0.29) is 18.2 Å². The highest BCUT2D eigenvalue weighted by atomic mass is 19.1. The number of nitrogens with one attached hydrogen (secondary N) is 1. The van der Waals surface area contributed by atoms with E-state index in [1.807, 2.05) is 6.07 Å². The lowest BCUT2D eigenvalue weighted by Gasteiger charge is -2.13. The van der Waals surface area contributed by atoms with Crippen LogP contribution >= 0.6 is 0 Å². The molecule has 0 saturated heterocycles. The van der Waals surface area contributed by atoms with Crippen molar-refractivity contribution in [3.63, 3.8) is 0 Å². The molecule has 0 fully saturated rings. The highest BCUT2D eigenvalue weighted by Gasteiger charge is 2.09. The van der Waals surface area contributed by atoms with E-state index >= 15 is 0 Å². The molecule has 3 nitrogen and oxygen atoms in total. The fourth-order valence-electron chi connectivity index (χ4n) is 2.51. The van der Waals surface area contributed by atoms with Crippen molar-refractivity contribution in [2.75, 3.05) is 6.54 Å². The molecule has 3 aromatic rings. The second-order valence-electron chi connectivity index (χ2n) is 5.34. The number of fused-ring (bicyclic) bond motifs is 1. The normalized spacial score (nSPS) is 12.5. The summed E-state index contributed by atoms with van der Waals surface area (Å²) in [7, 11) is 0. The Hall–Kier alpha value is -2.37. The number of aromatic nitrogens is 1. The van der Waals surface area contributed by atoms with Gasteiger partial charge in [-0.25, -0.2) is 8.78 Å². The van der Waals surface area contributed by atoms with E-state index in [4.69, 9.17) is 0 Å². The molecule has 0 saturated carbocycles. The molecule has 118 valence electrons. The standard InChI is InChI=1S/C18H16F2N2O/c19-15-5-3-12(4-6-15)17(23)11-21-10-14-9-16(20)8-13-2-1-7-22-18(13)14/h1-9,17,21,23H,10-11H2. The maximum atomic E-state index is 13.6. The molecule has 0 bridgehead atoms. The second-order valence-corrected chi connectivity index (χ2v) is 5.34. The van der Waals surface area contributed by atoms with Crippen LogP contribution < -0.4 is 5.32 Å². The number of halogens is 2. The number of hydrogen-bond donors (Lipinski definition) is 2. The van der Waals surface area contributed by atoms with Gasteiger partial charge < -0.3 is 10.4 Å². The summed E-state index contributed by atoms with van der Waals surface area (Å²) in [5, 5.41) is 13.9. The van der Waals surface area contributed by atoms with Crippen molar-refractivity contribution >= 4 is 10.9 Å². The van der Waals surface area contributed by atoms with Gasteiger partial charge in [-0.1, -0.05) is 18.2 Å². The maximum Gasteiger partial charge on any atom is 0.124 e. The minimum Gasteiger partial charge on any atom is -0.387 e. The Balaban J connectivity index is 1.68. The van der Waals surface area contributed by atoms with Crippen molar-refractivity contribution in [3.05, 3.63) is 77.5 Å². The van der Waals surface area contributed by atoms with Crippen LogP contribution in [-0.2, 0) is 6.54 Å². The first-order valence-electron chi connectivity index (χ1n) is 7.31. The zero-order valence-electron chi connectivity index (χ0n) is 12.3. The molecule has 0 aliphatic heterocycles. The monoisotopic (exact) mass is 314 g/mol. The first kappa shape index (κ1) is 15.5. The highest BCUT2D eigenvalue weighted by molar-refractivity contribution is 5.81. The van der Waals surface area contributed by atoms with Gasteiger partial charge in [-0.05, 0) is 41.5 Å². The fourth-order valence-corrected chi connectivity index (χ4v) is 2.51. The molecule has 0 amide bonds. The predicted octanol–water partition coefficient (Wildman–Crippen LogP) is 3.34. The van der Waals surface area contributed by atoms with Gasteiger partial charge in [-0.15, -0.1) is 0 Å². The summed E-state index contributed by atoms with van der Waals surface area (Å²) < 4.78 is 26.5. The number of hydrogen-bond acceptors (Lipinski definition) is 3. The summed E-state index contributed by atoms with van der Waals surface area (Å²) in [6, 6.07) is 12.2. The summed E-state index contributed by atoms with van der Waals surface area (Å²) in [5.74, 6) is -0.660. The van der Waals surface area contributed by atoms with E-state index in [2.05, 4.69) is 10.3 Å². The Bertz CT molecular complexity index is 806. The first-order chi connectivity index (χ1) is 11.1. The molecule has 1 unspecified atom stereocenters. The molecule has 0 spiro atoms. The van der Waals surface area contributed by atoms with Crippen LogP contribution in [0.2, 0.25) is 0 Å². The molecule has 1 aromatic heterocycles. The third-order valence-electron chi connectivity index (χ3n) is 3.66. The SMILES string of the molecule is OC(CNCc1cc(F)cc2cccnc12)c1ccc(F)cc1. The first-order valence-corrected chi connectivity index (χ1v) is 7.31. The Morgan fingerprint density at radius 2 is 1.83 bits per heavy atom. The molecule has 23 heavy (non-hydrogen) atoms. The van der Waals surface area contributed by atoms with Gasteiger partial charge in [0, 0.05) is 24.7 Å². The molecule has 1 heterocycles. The summed E-state index contributed by atoms with van der Waals surface area (Å²) in [5.41, 5.74) is 2.09. The Kier molecular flexibility index (Phi) is 4.60. The lowest BCUT2D eigenvalue weighted by molar-refractivity contribution is 0.174. The number of benzene rings is 2. The van der Waals surface area contributed by atoms with Gasteiger partial charge >= 0.3 is 0 Å². The van der Waals surface area contributed by atoms with Crippen molar-refractivity contribution in [1.29, 1.82) is 0 Å². The summed E-state index contributed by atoms with van der Waals surface area (Å²) >= 11 is 0. The van der Waals surface area contributed by atoms with Gasteiger partial charge in [-0.3, -0.25) is 4.98 Å². The Labute approximate surface area is 132 Å². The van der Waals surface area contributed by atoms with Crippen molar-refractivity contribution < 1.29 is 13.9 Å². The Morgan fingerprint density at radius 3 is 2.61 bits per heavy atom. The zero-order chi connectivity index (χ0) is 16.2. The topological polar surface area (TPSA) is 45.1 Å². The van der Waals surface area contributed by atoms with E-state index in [1.165, 1.54) is 24.3 Å². The van der Waals surface area contributed by atoms with Gasteiger partial charge in [0.2, 0.25) is 0 Å². The summed E-state index contributed by atoms with van der Waals surface area (Å²) in [6.45, 7) is 0.653. The average molecular weight is 314 g/mol. The van der Waals surface area contributed by atoms with E-state index in [9.17, 15) is 13.9 Å². The van der Waals surface area contributed by atoms with E-state index in [0.717, 1.165) is 16.5 Å². The van der Waals surface area contributed by atoms with E-state index < -0.39 is 6.10 Å². The van der Waals surface area contributed by atoms with Crippen LogP contribution in [0.3, 0.4) is 0 Å². The molecule has 2 aromatic carbocycles. The lowest BCUT2D eigenvalue weighted by atomic mass is 10.1. The van der Waals surface area contributed by atoms with Crippen LogP contribution in [0.25, 0.3) is 10.9 Å². The van der Waals surface area contributed by atoms with E-state index in [1.54, 1.807) is 24.4 Å². The molecule has 0 radical (unpaired) electrons. The number of aliphatic hydroxyl groups is 1. The summed E-state index contributed by atoms with van der Waals surface area (Å²) in [6.07, 6.45) is 0.903. The van der Waals surface area contributed by atoms with Gasteiger partial charge in [0.05, 0.1) is 11.6 Å². The lowest BCUT2D eigenvalue weighted by Crippen LogP contribution is -2.21. The molecule has 1 atom stereocenters. The van der Waals surface area contributed by atoms with Crippen LogP contribution in [0.15, 0.2) is 54.7 Å². The van der Waals surface area contributed by atoms with Crippen molar-refractivity contribution in [1.82, 2.24) is 10.3 Å². The highest BCUT2D eigenvalue weighted by Crippen LogP contribution is 2.19. The number of nitrogens with zero attached hydrogens (tertiary/aromatic N) is 1. The molecule has 0 aliphatic carbocycles. The minimum atomic E-state index is -0.761. The largest absolute Gasteiger partial charge is 0.387 e. The summed E-state index contributed by atoms with van der Waals surface area (Å²) in [4.78, 5) is 4.28. The average Bonchev–Trinajstić information content (AvgIpc) is 2.55. The number of rotatable bonds is 5. The van der Waals surface area contributed by atoms with Crippen LogP contribution in [-0.4, -0.2) is 16.6 Å². The van der Waals surface area contributed by atoms with Gasteiger partial charge in [0.1, 0.15) is 11.6 Å². The molecule has 0 aliphatic rings. The molecule has 2 N–H and O–H groups in total. The number of pyridine rings is 1. The van der Waals surface area contributed by atoms with Crippen LogP contribution in [0.5, 0.6) is 0 Å². The van der Waals surface area contributed by atoms with Crippen molar-refractivity contribution in [3.8, 4) is 0 Å².